The Morgan fingerprint density at radius 2 is 1.69 bits per heavy atom. The van der Waals surface area contributed by atoms with E-state index in [-0.39, 0.29) is 55.2 Å². The summed E-state index contributed by atoms with van der Waals surface area (Å²) in [4.78, 5) is 68.4. The number of carbonyl (C=O) groups excluding carboxylic acids is 4. The number of likely N-dealkylation sites (tertiary alicyclic amines) is 1. The van der Waals surface area contributed by atoms with Crippen LogP contribution < -0.4 is 19.5 Å². The van der Waals surface area contributed by atoms with Crippen molar-refractivity contribution in [3.63, 3.8) is 0 Å². The van der Waals surface area contributed by atoms with Crippen LogP contribution in [-0.2, 0) is 29.1 Å². The van der Waals surface area contributed by atoms with Crippen LogP contribution in [-0.4, -0.2) is 87.1 Å². The Labute approximate surface area is 353 Å². The van der Waals surface area contributed by atoms with Crippen molar-refractivity contribution in [3.8, 4) is 28.5 Å². The Hall–Kier alpha value is -6.87. The molecule has 4 aromatic carbocycles. The first-order valence-corrected chi connectivity index (χ1v) is 20.2. The third kappa shape index (κ3) is 6.50. The normalized spacial score (nSPS) is 17.3. The summed E-state index contributed by atoms with van der Waals surface area (Å²) >= 11 is 6.47. The van der Waals surface area contributed by atoms with Crippen molar-refractivity contribution in [2.75, 3.05) is 32.6 Å². The number of fused-ring (bicyclic) bond motifs is 5. The average Bonchev–Trinajstić information content (AvgIpc) is 3.46. The predicted molar refractivity (Wildman–Crippen MR) is 221 cm³/mol. The van der Waals surface area contributed by atoms with Crippen molar-refractivity contribution in [3.05, 3.63) is 123 Å². The molecular weight excluding hydrogens is 805 g/mol. The summed E-state index contributed by atoms with van der Waals surface area (Å²) in [5, 5.41) is 5.92. The van der Waals surface area contributed by atoms with Crippen LogP contribution in [0.15, 0.2) is 77.9 Å². The molecule has 5 aliphatic rings. The zero-order valence-electron chi connectivity index (χ0n) is 33.1. The summed E-state index contributed by atoms with van der Waals surface area (Å²) in [6, 6.07) is 18.7. The molecule has 4 amide bonds. The first-order chi connectivity index (χ1) is 29.5. The number of nitrogens with one attached hydrogen (secondary N) is 1. The minimum atomic E-state index is -0.620. The van der Waals surface area contributed by atoms with Gasteiger partial charge in [-0.1, -0.05) is 23.7 Å². The van der Waals surface area contributed by atoms with Crippen LogP contribution in [0.3, 0.4) is 0 Å². The number of anilines is 2. The lowest BCUT2D eigenvalue weighted by molar-refractivity contribution is -0.163. The Kier molecular flexibility index (Phi) is 9.23. The average molecular weight is 842 g/mol. The number of imide groups is 1. The molecule has 2 fully saturated rings. The van der Waals surface area contributed by atoms with Gasteiger partial charge >= 0.3 is 0 Å². The van der Waals surface area contributed by atoms with E-state index in [0.717, 1.165) is 21.7 Å². The van der Waals surface area contributed by atoms with E-state index in [1.165, 1.54) is 25.3 Å². The summed E-state index contributed by atoms with van der Waals surface area (Å²) < 4.78 is 33.1. The zero-order valence-corrected chi connectivity index (χ0v) is 33.8. The number of nitrogens with zero attached hydrogens (tertiary/aromatic N) is 6. The molecule has 0 bridgehead atoms. The molecule has 308 valence electrons. The van der Waals surface area contributed by atoms with Gasteiger partial charge in [-0.3, -0.25) is 24.2 Å². The molecule has 0 unspecified atom stereocenters. The number of hydrogen-bond donors (Lipinski definition) is 1. The molecule has 61 heavy (non-hydrogen) atoms. The minimum Gasteiger partial charge on any atom is -0.496 e. The Morgan fingerprint density at radius 1 is 0.885 bits per heavy atom. The summed E-state index contributed by atoms with van der Waals surface area (Å²) in [7, 11) is 2.98. The molecule has 14 nitrogen and oxygen atoms in total. The second-order valence-electron chi connectivity index (χ2n) is 15.7. The predicted octanol–water partition coefficient (Wildman–Crippen LogP) is 6.68. The van der Waals surface area contributed by atoms with Gasteiger partial charge in [0.1, 0.15) is 28.7 Å². The first-order valence-electron chi connectivity index (χ1n) is 19.8. The smallest absolute Gasteiger partial charge is 0.273 e. The SMILES string of the molecule is COc1cc(Nc2ncc3c(n2)-c2ccc(Cl)cc2C(c2c(F)cccc2OC)=NC3)ccc1C(=O)N1CC2(CCc3cc4c(cc3O2)C(=O)N(N2C(=O)CCCC2=O)C4)C1. The minimum absolute atomic E-state index is 0.151. The molecule has 5 aliphatic heterocycles. The third-order valence-corrected chi connectivity index (χ3v) is 12.1. The molecule has 0 atom stereocenters. The topological polar surface area (TPSA) is 156 Å². The molecule has 1 N–H and O–H groups in total. The van der Waals surface area contributed by atoms with Crippen molar-refractivity contribution in [2.24, 2.45) is 4.99 Å². The Balaban J connectivity index is 0.842. The molecule has 6 heterocycles. The van der Waals surface area contributed by atoms with Crippen molar-refractivity contribution in [1.82, 2.24) is 24.9 Å². The van der Waals surface area contributed by atoms with Gasteiger partial charge in [0, 0.05) is 52.5 Å². The van der Waals surface area contributed by atoms with E-state index in [1.807, 2.05) is 12.1 Å². The maximum atomic E-state index is 15.3. The fraction of sp³-hybridized carbons (Fsp3) is 0.267. The van der Waals surface area contributed by atoms with Gasteiger partial charge in [-0.25, -0.2) is 19.4 Å². The summed E-state index contributed by atoms with van der Waals surface area (Å²) in [6.07, 6.45) is 3.96. The number of aliphatic imine (C=N–C) groups is 1. The number of aryl methyl sites for hydroxylation is 1. The highest BCUT2D eigenvalue weighted by Crippen LogP contribution is 2.43. The largest absolute Gasteiger partial charge is 0.496 e. The Bertz CT molecular complexity index is 2760. The van der Waals surface area contributed by atoms with Crippen LogP contribution in [0.4, 0.5) is 16.0 Å². The van der Waals surface area contributed by atoms with Gasteiger partial charge in [0.05, 0.1) is 68.5 Å². The highest BCUT2D eigenvalue weighted by Gasteiger charge is 2.50. The van der Waals surface area contributed by atoms with Crippen LogP contribution in [0.2, 0.25) is 5.02 Å². The second-order valence-corrected chi connectivity index (χ2v) is 16.1. The molecule has 1 aromatic heterocycles. The number of amides is 4. The maximum Gasteiger partial charge on any atom is 0.273 e. The molecule has 10 rings (SSSR count). The van der Waals surface area contributed by atoms with Gasteiger partial charge in [-0.05, 0) is 78.9 Å². The van der Waals surface area contributed by atoms with E-state index >= 15 is 4.39 Å². The van der Waals surface area contributed by atoms with Gasteiger partial charge < -0.3 is 24.4 Å². The highest BCUT2D eigenvalue weighted by molar-refractivity contribution is 6.31. The summed E-state index contributed by atoms with van der Waals surface area (Å²) in [5.41, 5.74) is 5.64. The van der Waals surface area contributed by atoms with E-state index in [2.05, 4.69) is 10.3 Å². The number of methoxy groups -OCH3 is 2. The number of hydrogen-bond acceptors (Lipinski definition) is 11. The van der Waals surface area contributed by atoms with E-state index in [0.29, 0.717) is 94.0 Å². The van der Waals surface area contributed by atoms with Gasteiger partial charge in [-0.15, -0.1) is 0 Å². The summed E-state index contributed by atoms with van der Waals surface area (Å²) in [5.74, 6) is -0.313. The molecule has 2 saturated heterocycles. The number of carbonyl (C=O) groups is 4. The van der Waals surface area contributed by atoms with E-state index < -0.39 is 17.3 Å². The molecule has 1 spiro atoms. The number of rotatable bonds is 7. The van der Waals surface area contributed by atoms with Crippen molar-refractivity contribution in [1.29, 1.82) is 0 Å². The molecule has 16 heteroatoms. The number of hydrazine groups is 1. The number of ether oxygens (including phenoxy) is 3. The van der Waals surface area contributed by atoms with Crippen LogP contribution in [0.1, 0.15) is 74.2 Å². The quantitative estimate of drug-likeness (QED) is 0.176. The molecule has 0 radical (unpaired) electrons. The lowest BCUT2D eigenvalue weighted by atomic mass is 9.83. The second kappa shape index (κ2) is 14.7. The fourth-order valence-corrected chi connectivity index (χ4v) is 9.02. The van der Waals surface area contributed by atoms with E-state index in [4.69, 9.17) is 35.8 Å². The van der Waals surface area contributed by atoms with Gasteiger partial charge in [0.25, 0.3) is 11.8 Å². The molecular formula is C45H37ClFN7O7. The molecule has 0 aliphatic carbocycles. The molecule has 5 aromatic rings. The highest BCUT2D eigenvalue weighted by atomic mass is 35.5. The standard InChI is InChI=1S/C45H37ClFN7O7/c1-59-34-6-3-5-33(47)39(34)41-32-16-27(46)9-11-29(32)40-26(19-48-41)20-49-44(51-40)50-28-10-12-30(36(17-28)60-2)42(57)52-22-45(23-52)14-13-24-15-25-21-53(43(58)31(25)18-35(24)61-45)54-37(55)7-4-8-38(54)56/h3,5-6,9-12,15-18,20H,4,7-8,13-14,19,21-23H2,1-2H3,(H,49,50,51). The maximum absolute atomic E-state index is 15.3. The van der Waals surface area contributed by atoms with E-state index in [9.17, 15) is 19.2 Å². The van der Waals surface area contributed by atoms with Gasteiger partial charge in [0.15, 0.2) is 0 Å². The lowest BCUT2D eigenvalue weighted by Crippen LogP contribution is -2.67. The van der Waals surface area contributed by atoms with Crippen molar-refractivity contribution >= 4 is 52.6 Å². The van der Waals surface area contributed by atoms with Crippen LogP contribution >= 0.6 is 11.6 Å². The lowest BCUT2D eigenvalue weighted by Gasteiger charge is -2.51. The monoisotopic (exact) mass is 841 g/mol. The van der Waals surface area contributed by atoms with Crippen molar-refractivity contribution < 1.29 is 37.8 Å². The first kappa shape index (κ1) is 38.3. The Morgan fingerprint density at radius 3 is 2.48 bits per heavy atom. The van der Waals surface area contributed by atoms with Crippen molar-refractivity contribution in [2.45, 2.75) is 50.8 Å². The number of aromatic nitrogens is 2. The third-order valence-electron chi connectivity index (χ3n) is 11.9. The fourth-order valence-electron chi connectivity index (χ4n) is 8.85. The molecule has 0 saturated carbocycles. The zero-order chi connectivity index (χ0) is 42.2. The van der Waals surface area contributed by atoms with Gasteiger partial charge in [-0.2, -0.15) is 5.01 Å². The van der Waals surface area contributed by atoms with E-state index in [1.54, 1.807) is 59.6 Å². The van der Waals surface area contributed by atoms with Crippen LogP contribution in [0.25, 0.3) is 11.3 Å². The number of benzene rings is 4. The summed E-state index contributed by atoms with van der Waals surface area (Å²) in [6.45, 7) is 1.01. The number of halogens is 2. The van der Waals surface area contributed by atoms with Crippen LogP contribution in [0, 0.1) is 5.82 Å². The number of piperidine rings is 1. The van der Waals surface area contributed by atoms with Crippen LogP contribution in [0.5, 0.6) is 17.2 Å². The van der Waals surface area contributed by atoms with Gasteiger partial charge in [0.2, 0.25) is 17.8 Å².